The standard InChI is InChI=1S/C16H18O4/c17-15(18)13-3-1-2-4-14(13)16(19)20-9-12-8-10-5-6-11(12)7-10/h1-4,10-12H,5-9H2,(H,17,18)/t10-,11-,12-/m1/s1. The first kappa shape index (κ1) is 13.2. The third kappa shape index (κ3) is 2.42. The number of aromatic carboxylic acids is 1. The highest BCUT2D eigenvalue weighted by atomic mass is 16.5. The number of esters is 1. The monoisotopic (exact) mass is 274 g/mol. The van der Waals surface area contributed by atoms with Crippen LogP contribution in [0.25, 0.3) is 0 Å². The van der Waals surface area contributed by atoms with E-state index >= 15 is 0 Å². The molecule has 1 N–H and O–H groups in total. The molecule has 1 aromatic rings. The van der Waals surface area contributed by atoms with Gasteiger partial charge in [-0.3, -0.25) is 0 Å². The van der Waals surface area contributed by atoms with E-state index in [1.807, 2.05) is 0 Å². The van der Waals surface area contributed by atoms with E-state index in [1.54, 1.807) is 12.1 Å². The van der Waals surface area contributed by atoms with Crippen molar-refractivity contribution in [2.45, 2.75) is 25.7 Å². The second kappa shape index (κ2) is 5.27. The van der Waals surface area contributed by atoms with Crippen molar-refractivity contribution in [2.24, 2.45) is 17.8 Å². The van der Waals surface area contributed by atoms with Gasteiger partial charge in [0, 0.05) is 0 Å². The summed E-state index contributed by atoms with van der Waals surface area (Å²) in [5.74, 6) is 0.357. The van der Waals surface area contributed by atoms with Crippen LogP contribution in [0.15, 0.2) is 24.3 Å². The number of carbonyl (C=O) groups excluding carboxylic acids is 1. The predicted molar refractivity (Wildman–Crippen MR) is 72.6 cm³/mol. The average Bonchev–Trinajstić information content (AvgIpc) is 3.07. The molecule has 0 spiro atoms. The lowest BCUT2D eigenvalue weighted by Crippen LogP contribution is -2.20. The fourth-order valence-electron chi connectivity index (χ4n) is 3.69. The third-order valence-corrected chi connectivity index (χ3v) is 4.69. The SMILES string of the molecule is O=C(O)c1ccccc1C(=O)OC[C@H]1C[C@@H]2CC[C@@H]1C2. The number of hydrogen-bond donors (Lipinski definition) is 1. The second-order valence-electron chi connectivity index (χ2n) is 5.88. The quantitative estimate of drug-likeness (QED) is 0.857. The highest BCUT2D eigenvalue weighted by Crippen LogP contribution is 2.48. The number of benzene rings is 1. The van der Waals surface area contributed by atoms with Crippen LogP contribution in [0.1, 0.15) is 46.4 Å². The summed E-state index contributed by atoms with van der Waals surface area (Å²) in [4.78, 5) is 23.1. The van der Waals surface area contributed by atoms with Crippen LogP contribution in [0.4, 0.5) is 0 Å². The molecule has 0 aromatic heterocycles. The molecule has 4 heteroatoms. The zero-order chi connectivity index (χ0) is 14.1. The van der Waals surface area contributed by atoms with E-state index in [1.165, 1.54) is 31.4 Å². The number of fused-ring (bicyclic) bond motifs is 2. The predicted octanol–water partition coefficient (Wildman–Crippen LogP) is 2.98. The summed E-state index contributed by atoms with van der Waals surface area (Å²) in [5.41, 5.74) is 0.147. The van der Waals surface area contributed by atoms with Crippen molar-refractivity contribution >= 4 is 11.9 Å². The fourth-order valence-corrected chi connectivity index (χ4v) is 3.69. The number of ether oxygens (including phenoxy) is 1. The first-order valence-electron chi connectivity index (χ1n) is 7.14. The summed E-state index contributed by atoms with van der Waals surface area (Å²) in [7, 11) is 0. The molecule has 0 aliphatic heterocycles. The van der Waals surface area contributed by atoms with Gasteiger partial charge in [0.25, 0.3) is 0 Å². The molecule has 2 aliphatic rings. The van der Waals surface area contributed by atoms with Gasteiger partial charge in [-0.05, 0) is 49.1 Å². The van der Waals surface area contributed by atoms with Crippen LogP contribution < -0.4 is 0 Å². The Balaban J connectivity index is 1.64. The summed E-state index contributed by atoms with van der Waals surface area (Å²) in [6, 6.07) is 6.19. The first-order valence-corrected chi connectivity index (χ1v) is 7.14. The number of carbonyl (C=O) groups is 2. The Labute approximate surface area is 117 Å². The molecule has 2 bridgehead atoms. The maximum atomic E-state index is 12.0. The second-order valence-corrected chi connectivity index (χ2v) is 5.88. The third-order valence-electron chi connectivity index (χ3n) is 4.69. The van der Waals surface area contributed by atoms with Crippen LogP contribution in [0.5, 0.6) is 0 Å². The van der Waals surface area contributed by atoms with Gasteiger partial charge >= 0.3 is 11.9 Å². The van der Waals surface area contributed by atoms with Crippen LogP contribution in [0, 0.1) is 17.8 Å². The minimum Gasteiger partial charge on any atom is -0.478 e. The van der Waals surface area contributed by atoms with Gasteiger partial charge in [-0.2, -0.15) is 0 Å². The zero-order valence-electron chi connectivity index (χ0n) is 11.2. The lowest BCUT2D eigenvalue weighted by molar-refractivity contribution is 0.0387. The number of rotatable bonds is 4. The fraction of sp³-hybridized carbons (Fsp3) is 0.500. The summed E-state index contributed by atoms with van der Waals surface area (Å²) in [5, 5.41) is 9.07. The molecule has 2 fully saturated rings. The Morgan fingerprint density at radius 2 is 1.90 bits per heavy atom. The normalized spacial score (nSPS) is 27.5. The Morgan fingerprint density at radius 1 is 1.15 bits per heavy atom. The molecule has 4 nitrogen and oxygen atoms in total. The maximum Gasteiger partial charge on any atom is 0.339 e. The van der Waals surface area contributed by atoms with Gasteiger partial charge in [-0.25, -0.2) is 9.59 Å². The van der Waals surface area contributed by atoms with Crippen molar-refractivity contribution in [1.82, 2.24) is 0 Å². The Morgan fingerprint density at radius 3 is 2.50 bits per heavy atom. The van der Waals surface area contributed by atoms with Crippen LogP contribution >= 0.6 is 0 Å². The molecule has 0 amide bonds. The molecule has 2 aliphatic carbocycles. The van der Waals surface area contributed by atoms with Gasteiger partial charge in [-0.1, -0.05) is 18.6 Å². The van der Waals surface area contributed by atoms with Gasteiger partial charge in [0.2, 0.25) is 0 Å². The van der Waals surface area contributed by atoms with Crippen LogP contribution in [-0.2, 0) is 4.74 Å². The summed E-state index contributed by atoms with van der Waals surface area (Å²) in [6.45, 7) is 0.425. The van der Waals surface area contributed by atoms with Gasteiger partial charge in [0.05, 0.1) is 17.7 Å². The van der Waals surface area contributed by atoms with E-state index in [0.29, 0.717) is 18.4 Å². The molecular weight excluding hydrogens is 256 g/mol. The van der Waals surface area contributed by atoms with Gasteiger partial charge in [0.1, 0.15) is 0 Å². The molecule has 0 radical (unpaired) electrons. The van der Waals surface area contributed by atoms with Crippen molar-refractivity contribution < 1.29 is 19.4 Å². The molecule has 0 saturated heterocycles. The molecule has 106 valence electrons. The van der Waals surface area contributed by atoms with E-state index in [9.17, 15) is 9.59 Å². The molecule has 1 aromatic carbocycles. The topological polar surface area (TPSA) is 63.6 Å². The minimum atomic E-state index is -1.10. The number of carboxylic acid groups (broad SMARTS) is 1. The van der Waals surface area contributed by atoms with Crippen molar-refractivity contribution in [3.8, 4) is 0 Å². The minimum absolute atomic E-state index is 0.00504. The first-order chi connectivity index (χ1) is 9.65. The largest absolute Gasteiger partial charge is 0.478 e. The Kier molecular flexibility index (Phi) is 3.47. The van der Waals surface area contributed by atoms with E-state index in [4.69, 9.17) is 9.84 Å². The average molecular weight is 274 g/mol. The summed E-state index contributed by atoms with van der Waals surface area (Å²) < 4.78 is 5.35. The lowest BCUT2D eigenvalue weighted by atomic mass is 9.89. The van der Waals surface area contributed by atoms with Crippen molar-refractivity contribution in [1.29, 1.82) is 0 Å². The number of carboxylic acids is 1. The molecule has 0 heterocycles. The van der Waals surface area contributed by atoms with Crippen LogP contribution in [0.3, 0.4) is 0 Å². The molecule has 0 unspecified atom stereocenters. The van der Waals surface area contributed by atoms with Crippen LogP contribution in [0.2, 0.25) is 0 Å². The zero-order valence-corrected chi connectivity index (χ0v) is 11.2. The van der Waals surface area contributed by atoms with Gasteiger partial charge in [0.15, 0.2) is 0 Å². The van der Waals surface area contributed by atoms with Crippen LogP contribution in [-0.4, -0.2) is 23.7 Å². The van der Waals surface area contributed by atoms with E-state index < -0.39 is 11.9 Å². The number of hydrogen-bond acceptors (Lipinski definition) is 3. The maximum absolute atomic E-state index is 12.0. The van der Waals surface area contributed by atoms with E-state index in [2.05, 4.69) is 0 Å². The van der Waals surface area contributed by atoms with Crippen molar-refractivity contribution in [3.05, 3.63) is 35.4 Å². The lowest BCUT2D eigenvalue weighted by Gasteiger charge is -2.21. The molecule has 3 rings (SSSR count). The highest BCUT2D eigenvalue weighted by molar-refractivity contribution is 6.02. The molecular formula is C16H18O4. The van der Waals surface area contributed by atoms with Crippen molar-refractivity contribution in [2.75, 3.05) is 6.61 Å². The Hall–Kier alpha value is -1.84. The van der Waals surface area contributed by atoms with E-state index in [0.717, 1.165) is 12.3 Å². The van der Waals surface area contributed by atoms with Gasteiger partial charge in [-0.15, -0.1) is 0 Å². The Bertz CT molecular complexity index is 537. The molecule has 20 heavy (non-hydrogen) atoms. The van der Waals surface area contributed by atoms with Crippen molar-refractivity contribution in [3.63, 3.8) is 0 Å². The smallest absolute Gasteiger partial charge is 0.339 e. The van der Waals surface area contributed by atoms with E-state index in [-0.39, 0.29) is 11.1 Å². The van der Waals surface area contributed by atoms with Gasteiger partial charge < -0.3 is 9.84 Å². The summed E-state index contributed by atoms with van der Waals surface area (Å²) >= 11 is 0. The molecule has 2 saturated carbocycles. The summed E-state index contributed by atoms with van der Waals surface area (Å²) in [6.07, 6.45) is 4.99. The molecule has 3 atom stereocenters. The highest BCUT2D eigenvalue weighted by Gasteiger charge is 2.40.